The van der Waals surface area contributed by atoms with Gasteiger partial charge in [-0.1, -0.05) is 20.8 Å². The van der Waals surface area contributed by atoms with Crippen molar-refractivity contribution in [1.29, 1.82) is 0 Å². The molecule has 2 saturated heterocycles. The molecule has 0 aromatic carbocycles. The van der Waals surface area contributed by atoms with E-state index < -0.39 is 0 Å². The molecule has 1 aliphatic carbocycles. The van der Waals surface area contributed by atoms with Crippen LogP contribution in [-0.2, 0) is 9.53 Å². The first-order valence-corrected chi connectivity index (χ1v) is 8.34. The molecular weight excluding hydrogens is 252 g/mol. The molecular formula is C16H28N2O2. The molecule has 3 aliphatic rings. The first-order valence-electron chi connectivity index (χ1n) is 8.34. The molecule has 2 unspecified atom stereocenters. The summed E-state index contributed by atoms with van der Waals surface area (Å²) in [7, 11) is 0. The van der Waals surface area contributed by atoms with Gasteiger partial charge >= 0.3 is 0 Å². The third-order valence-corrected chi connectivity index (χ3v) is 5.71. The van der Waals surface area contributed by atoms with E-state index in [0.717, 1.165) is 51.6 Å². The lowest BCUT2D eigenvalue weighted by Gasteiger charge is -2.44. The summed E-state index contributed by atoms with van der Waals surface area (Å²) in [6.45, 7) is 7.37. The second kappa shape index (κ2) is 4.99. The summed E-state index contributed by atoms with van der Waals surface area (Å²) in [6.07, 6.45) is 7.34. The maximum absolute atomic E-state index is 12.8. The van der Waals surface area contributed by atoms with Gasteiger partial charge in [-0.15, -0.1) is 0 Å². The molecule has 2 heterocycles. The molecule has 3 rings (SSSR count). The van der Waals surface area contributed by atoms with E-state index in [9.17, 15) is 4.79 Å². The van der Waals surface area contributed by atoms with E-state index in [2.05, 4.69) is 31.0 Å². The minimum atomic E-state index is -0.180. The van der Waals surface area contributed by atoms with Crippen LogP contribution in [0.3, 0.4) is 0 Å². The predicted octanol–water partition coefficient (Wildman–Crippen LogP) is 2.42. The second-order valence-electron chi connectivity index (χ2n) is 6.75. The monoisotopic (exact) mass is 280 g/mol. The number of hydrogen-bond donors (Lipinski definition) is 1. The topological polar surface area (TPSA) is 41.6 Å². The highest BCUT2D eigenvalue weighted by atomic mass is 16.5. The lowest BCUT2D eigenvalue weighted by atomic mass is 9.85. The van der Waals surface area contributed by atoms with Crippen LogP contribution in [0, 0.1) is 0 Å². The average molecular weight is 280 g/mol. The second-order valence-corrected chi connectivity index (χ2v) is 6.75. The highest BCUT2D eigenvalue weighted by molar-refractivity contribution is 5.92. The summed E-state index contributed by atoms with van der Waals surface area (Å²) in [5.74, 6) is 0.359. The molecule has 4 nitrogen and oxygen atoms in total. The lowest BCUT2D eigenvalue weighted by Crippen LogP contribution is -2.52. The number of nitrogens with one attached hydrogen (secondary N) is 1. The lowest BCUT2D eigenvalue weighted by molar-refractivity contribution is -0.144. The third kappa shape index (κ3) is 2.08. The van der Waals surface area contributed by atoms with Gasteiger partial charge in [0.05, 0.1) is 17.3 Å². The van der Waals surface area contributed by atoms with Gasteiger partial charge in [-0.3, -0.25) is 10.1 Å². The van der Waals surface area contributed by atoms with Crippen molar-refractivity contribution in [3.8, 4) is 0 Å². The van der Waals surface area contributed by atoms with Gasteiger partial charge in [-0.05, 0) is 44.9 Å². The van der Waals surface area contributed by atoms with Crippen LogP contribution in [0.25, 0.3) is 0 Å². The van der Waals surface area contributed by atoms with Crippen LogP contribution in [0.15, 0.2) is 0 Å². The minimum Gasteiger partial charge on any atom is -0.375 e. The van der Waals surface area contributed by atoms with Crippen LogP contribution in [0.4, 0.5) is 0 Å². The number of amides is 1. The first kappa shape index (κ1) is 14.3. The average Bonchev–Trinajstić information content (AvgIpc) is 3.21. The zero-order valence-electron chi connectivity index (χ0n) is 13.1. The molecule has 114 valence electrons. The Morgan fingerprint density at radius 3 is 2.55 bits per heavy atom. The third-order valence-electron chi connectivity index (χ3n) is 5.71. The molecule has 0 aromatic heterocycles. The summed E-state index contributed by atoms with van der Waals surface area (Å²) in [5, 5.41) is 3.59. The number of carbonyl (C=O) groups excluding carboxylic acids is 1. The molecule has 0 radical (unpaired) electrons. The Labute approximate surface area is 122 Å². The highest BCUT2D eigenvalue weighted by Gasteiger charge is 2.60. The van der Waals surface area contributed by atoms with Gasteiger partial charge in [0, 0.05) is 12.6 Å². The Morgan fingerprint density at radius 2 is 2.00 bits per heavy atom. The van der Waals surface area contributed by atoms with Crippen LogP contribution in [0.2, 0.25) is 0 Å². The Morgan fingerprint density at radius 1 is 1.30 bits per heavy atom. The highest BCUT2D eigenvalue weighted by Crippen LogP contribution is 2.45. The maximum atomic E-state index is 12.8. The minimum absolute atomic E-state index is 0.0131. The van der Waals surface area contributed by atoms with Gasteiger partial charge in [0.2, 0.25) is 5.91 Å². The molecule has 1 amide bonds. The van der Waals surface area contributed by atoms with Crippen LogP contribution < -0.4 is 5.32 Å². The van der Waals surface area contributed by atoms with Crippen LogP contribution in [-0.4, -0.2) is 40.8 Å². The zero-order valence-corrected chi connectivity index (χ0v) is 13.1. The molecule has 2 atom stereocenters. The normalized spacial score (nSPS) is 34.8. The van der Waals surface area contributed by atoms with E-state index in [1.807, 2.05) is 0 Å². The Hall–Kier alpha value is -0.610. The van der Waals surface area contributed by atoms with E-state index in [1.54, 1.807) is 0 Å². The molecule has 1 N–H and O–H groups in total. The SMILES string of the molecule is CCC1NC2(CC2)C(=O)N1C1CCOC(CC)(CC)C1. The largest absolute Gasteiger partial charge is 0.375 e. The Kier molecular flexibility index (Phi) is 3.57. The van der Waals surface area contributed by atoms with Gasteiger partial charge < -0.3 is 9.64 Å². The smallest absolute Gasteiger partial charge is 0.244 e. The predicted molar refractivity (Wildman–Crippen MR) is 78.3 cm³/mol. The van der Waals surface area contributed by atoms with Crippen LogP contribution >= 0.6 is 0 Å². The summed E-state index contributed by atoms with van der Waals surface area (Å²) in [6, 6.07) is 0.355. The molecule has 0 aromatic rings. The molecule has 4 heteroatoms. The van der Waals surface area contributed by atoms with Crippen LogP contribution in [0.1, 0.15) is 65.7 Å². The van der Waals surface area contributed by atoms with Crippen molar-refractivity contribution in [3.05, 3.63) is 0 Å². The Bertz CT molecular complexity index is 388. The van der Waals surface area contributed by atoms with E-state index >= 15 is 0 Å². The molecule has 1 saturated carbocycles. The van der Waals surface area contributed by atoms with Gasteiger partial charge in [0.1, 0.15) is 0 Å². The van der Waals surface area contributed by atoms with E-state index in [-0.39, 0.29) is 17.3 Å². The summed E-state index contributed by atoms with van der Waals surface area (Å²) in [4.78, 5) is 14.9. The summed E-state index contributed by atoms with van der Waals surface area (Å²) >= 11 is 0. The van der Waals surface area contributed by atoms with E-state index in [4.69, 9.17) is 4.74 Å². The number of nitrogens with zero attached hydrogens (tertiary/aromatic N) is 1. The fourth-order valence-corrected chi connectivity index (χ4v) is 4.02. The Balaban J connectivity index is 1.79. The molecule has 0 bridgehead atoms. The quantitative estimate of drug-likeness (QED) is 0.860. The number of ether oxygens (including phenoxy) is 1. The fourth-order valence-electron chi connectivity index (χ4n) is 4.02. The van der Waals surface area contributed by atoms with E-state index in [1.165, 1.54) is 0 Å². The van der Waals surface area contributed by atoms with Gasteiger partial charge in [0.25, 0.3) is 0 Å². The van der Waals surface area contributed by atoms with Gasteiger partial charge in [-0.25, -0.2) is 0 Å². The number of rotatable bonds is 4. The zero-order chi connectivity index (χ0) is 14.4. The number of hydrogen-bond acceptors (Lipinski definition) is 3. The van der Waals surface area contributed by atoms with Crippen molar-refractivity contribution in [3.63, 3.8) is 0 Å². The molecule has 1 spiro atoms. The van der Waals surface area contributed by atoms with E-state index in [0.29, 0.717) is 11.9 Å². The maximum Gasteiger partial charge on any atom is 0.244 e. The van der Waals surface area contributed by atoms with Crippen molar-refractivity contribution < 1.29 is 9.53 Å². The molecule has 20 heavy (non-hydrogen) atoms. The number of carbonyl (C=O) groups is 1. The van der Waals surface area contributed by atoms with Crippen molar-refractivity contribution in [2.45, 2.75) is 89.1 Å². The van der Waals surface area contributed by atoms with Crippen molar-refractivity contribution >= 4 is 5.91 Å². The van der Waals surface area contributed by atoms with Crippen molar-refractivity contribution in [2.75, 3.05) is 6.61 Å². The fraction of sp³-hybridized carbons (Fsp3) is 0.938. The summed E-state index contributed by atoms with van der Waals surface area (Å²) < 4.78 is 6.07. The van der Waals surface area contributed by atoms with Gasteiger partial charge in [-0.2, -0.15) is 0 Å². The van der Waals surface area contributed by atoms with Gasteiger partial charge in [0.15, 0.2) is 0 Å². The van der Waals surface area contributed by atoms with Crippen LogP contribution in [0.5, 0.6) is 0 Å². The molecule has 2 aliphatic heterocycles. The molecule has 3 fully saturated rings. The standard InChI is InChI=1S/C16H28N2O2/c1-4-13-17-16(8-9-16)14(19)18(13)12-7-10-20-15(5-2,6-3)11-12/h12-13,17H,4-11H2,1-3H3. The first-order chi connectivity index (χ1) is 9.60. The van der Waals surface area contributed by atoms with Crippen molar-refractivity contribution in [2.24, 2.45) is 0 Å². The summed E-state index contributed by atoms with van der Waals surface area (Å²) in [5.41, 5.74) is -0.194. The van der Waals surface area contributed by atoms with Crippen molar-refractivity contribution in [1.82, 2.24) is 10.2 Å².